The summed E-state index contributed by atoms with van der Waals surface area (Å²) in [5.41, 5.74) is -0.859. The van der Waals surface area contributed by atoms with Crippen molar-refractivity contribution in [2.24, 2.45) is 0 Å². The molecule has 1 atom stereocenters. The van der Waals surface area contributed by atoms with E-state index in [0.717, 1.165) is 31.5 Å². The third kappa shape index (κ3) is 5.68. The molecule has 1 aromatic heterocycles. The number of pyridine rings is 1. The van der Waals surface area contributed by atoms with Gasteiger partial charge in [-0.3, -0.25) is 9.78 Å². The molecule has 1 fully saturated rings. The third-order valence-electron chi connectivity index (χ3n) is 2.96. The van der Waals surface area contributed by atoms with Gasteiger partial charge in [0, 0.05) is 18.8 Å². The van der Waals surface area contributed by atoms with E-state index in [2.05, 4.69) is 15.6 Å². The van der Waals surface area contributed by atoms with Crippen LogP contribution in [0.15, 0.2) is 18.3 Å². The molecule has 2 N–H and O–H groups in total. The molecule has 1 amide bonds. The standard InChI is InChI=1S/C12H14F3N3O.2ClH/c13-12(14,15)8-3-4-10(17-6-8)11(19)18-9-2-1-5-16-7-9;;/h3-4,6,9,16H,1-2,5,7H2,(H,18,19);2*1H. The minimum atomic E-state index is -4.44. The molecule has 0 bridgehead atoms. The van der Waals surface area contributed by atoms with E-state index in [9.17, 15) is 18.0 Å². The summed E-state index contributed by atoms with van der Waals surface area (Å²) < 4.78 is 37.0. The summed E-state index contributed by atoms with van der Waals surface area (Å²) in [5.74, 6) is -0.442. The zero-order chi connectivity index (χ0) is 13.9. The lowest BCUT2D eigenvalue weighted by Gasteiger charge is -2.23. The number of hydrogen-bond donors (Lipinski definition) is 2. The van der Waals surface area contributed by atoms with Gasteiger partial charge in [-0.15, -0.1) is 24.8 Å². The molecule has 0 saturated carbocycles. The Morgan fingerprint density at radius 3 is 2.52 bits per heavy atom. The Hall–Kier alpha value is -1.05. The molecule has 4 nitrogen and oxygen atoms in total. The molecule has 1 aliphatic rings. The lowest BCUT2D eigenvalue weighted by atomic mass is 10.1. The van der Waals surface area contributed by atoms with Crippen LogP contribution in [-0.2, 0) is 6.18 Å². The molecular weight excluding hydrogens is 330 g/mol. The molecule has 2 rings (SSSR count). The first kappa shape index (κ1) is 19.9. The molecule has 120 valence electrons. The number of halogens is 5. The fraction of sp³-hybridized carbons (Fsp3) is 0.500. The maximum absolute atomic E-state index is 12.3. The molecule has 1 unspecified atom stereocenters. The van der Waals surface area contributed by atoms with Gasteiger partial charge in [0.1, 0.15) is 5.69 Å². The second-order valence-electron chi connectivity index (χ2n) is 4.45. The minimum Gasteiger partial charge on any atom is -0.347 e. The van der Waals surface area contributed by atoms with Crippen molar-refractivity contribution >= 4 is 30.7 Å². The number of aromatic nitrogens is 1. The summed E-state index contributed by atoms with van der Waals surface area (Å²) in [6.07, 6.45) is -1.94. The van der Waals surface area contributed by atoms with Crippen molar-refractivity contribution in [3.05, 3.63) is 29.6 Å². The lowest BCUT2D eigenvalue weighted by molar-refractivity contribution is -0.137. The molecule has 0 aromatic carbocycles. The van der Waals surface area contributed by atoms with Crippen LogP contribution in [0.5, 0.6) is 0 Å². The maximum Gasteiger partial charge on any atom is 0.417 e. The van der Waals surface area contributed by atoms with Gasteiger partial charge < -0.3 is 10.6 Å². The molecule has 21 heavy (non-hydrogen) atoms. The van der Waals surface area contributed by atoms with Gasteiger partial charge in [0.15, 0.2) is 0 Å². The molecular formula is C12H16Cl2F3N3O. The Morgan fingerprint density at radius 2 is 2.05 bits per heavy atom. The van der Waals surface area contributed by atoms with Gasteiger partial charge in [-0.1, -0.05) is 0 Å². The van der Waals surface area contributed by atoms with Crippen molar-refractivity contribution in [1.29, 1.82) is 0 Å². The molecule has 0 radical (unpaired) electrons. The molecule has 0 aliphatic carbocycles. The van der Waals surface area contributed by atoms with Crippen molar-refractivity contribution in [1.82, 2.24) is 15.6 Å². The fourth-order valence-electron chi connectivity index (χ4n) is 1.93. The van der Waals surface area contributed by atoms with Crippen LogP contribution in [0.4, 0.5) is 13.2 Å². The molecule has 9 heteroatoms. The smallest absolute Gasteiger partial charge is 0.347 e. The van der Waals surface area contributed by atoms with Crippen LogP contribution in [0, 0.1) is 0 Å². The maximum atomic E-state index is 12.3. The first-order valence-electron chi connectivity index (χ1n) is 6.01. The fourth-order valence-corrected chi connectivity index (χ4v) is 1.93. The second kappa shape index (κ2) is 8.41. The Morgan fingerprint density at radius 1 is 1.33 bits per heavy atom. The van der Waals surface area contributed by atoms with Crippen molar-refractivity contribution in [2.75, 3.05) is 13.1 Å². The predicted molar refractivity (Wildman–Crippen MR) is 77.1 cm³/mol. The topological polar surface area (TPSA) is 54.0 Å². The summed E-state index contributed by atoms with van der Waals surface area (Å²) in [6.45, 7) is 1.59. The van der Waals surface area contributed by atoms with E-state index in [0.29, 0.717) is 12.7 Å². The number of nitrogens with one attached hydrogen (secondary N) is 2. The average Bonchev–Trinajstić information content (AvgIpc) is 2.39. The lowest BCUT2D eigenvalue weighted by Crippen LogP contribution is -2.45. The van der Waals surface area contributed by atoms with Crippen molar-refractivity contribution < 1.29 is 18.0 Å². The summed E-state index contributed by atoms with van der Waals surface area (Å²) in [6, 6.07) is 1.96. The number of alkyl halides is 3. The van der Waals surface area contributed by atoms with E-state index in [1.807, 2.05) is 0 Å². The zero-order valence-electron chi connectivity index (χ0n) is 10.9. The quantitative estimate of drug-likeness (QED) is 0.865. The van der Waals surface area contributed by atoms with Crippen molar-refractivity contribution in [3.63, 3.8) is 0 Å². The van der Waals surface area contributed by atoms with Crippen LogP contribution in [0.25, 0.3) is 0 Å². The van der Waals surface area contributed by atoms with Crippen LogP contribution in [0.1, 0.15) is 28.9 Å². The van der Waals surface area contributed by atoms with E-state index >= 15 is 0 Å². The summed E-state index contributed by atoms with van der Waals surface area (Å²) in [5, 5.41) is 5.88. The molecule has 0 spiro atoms. The van der Waals surface area contributed by atoms with Gasteiger partial charge >= 0.3 is 6.18 Å². The highest BCUT2D eigenvalue weighted by Gasteiger charge is 2.31. The van der Waals surface area contributed by atoms with Crippen LogP contribution in [-0.4, -0.2) is 30.0 Å². The number of hydrogen-bond acceptors (Lipinski definition) is 3. The number of carbonyl (C=O) groups excluding carboxylic acids is 1. The van der Waals surface area contributed by atoms with E-state index in [1.165, 1.54) is 0 Å². The molecule has 1 aliphatic heterocycles. The van der Waals surface area contributed by atoms with Gasteiger partial charge in [0.25, 0.3) is 5.91 Å². The molecule has 1 aromatic rings. The first-order valence-corrected chi connectivity index (χ1v) is 6.01. The SMILES string of the molecule is Cl.Cl.O=C(NC1CCCNC1)c1ccc(C(F)(F)F)cn1. The normalized spacial score (nSPS) is 18.1. The number of carbonyl (C=O) groups is 1. The van der Waals surface area contributed by atoms with Crippen LogP contribution in [0.3, 0.4) is 0 Å². The number of rotatable bonds is 2. The van der Waals surface area contributed by atoms with Gasteiger partial charge in [-0.2, -0.15) is 13.2 Å². The third-order valence-corrected chi connectivity index (χ3v) is 2.96. The summed E-state index contributed by atoms with van der Waals surface area (Å²) >= 11 is 0. The number of piperidine rings is 1. The average molecular weight is 346 g/mol. The Balaban J connectivity index is 0.00000200. The Bertz CT molecular complexity index is 448. The van der Waals surface area contributed by atoms with E-state index in [4.69, 9.17) is 0 Å². The van der Waals surface area contributed by atoms with E-state index in [1.54, 1.807) is 0 Å². The van der Waals surface area contributed by atoms with Crippen LogP contribution >= 0.6 is 24.8 Å². The zero-order valence-corrected chi connectivity index (χ0v) is 12.6. The summed E-state index contributed by atoms with van der Waals surface area (Å²) in [7, 11) is 0. The highest BCUT2D eigenvalue weighted by Crippen LogP contribution is 2.28. The van der Waals surface area contributed by atoms with Crippen LogP contribution < -0.4 is 10.6 Å². The van der Waals surface area contributed by atoms with E-state index in [-0.39, 0.29) is 36.5 Å². The largest absolute Gasteiger partial charge is 0.417 e. The highest BCUT2D eigenvalue weighted by molar-refractivity contribution is 5.92. The molecule has 1 saturated heterocycles. The van der Waals surface area contributed by atoms with Gasteiger partial charge in [-0.05, 0) is 31.5 Å². The molecule has 2 heterocycles. The second-order valence-corrected chi connectivity index (χ2v) is 4.45. The van der Waals surface area contributed by atoms with Gasteiger partial charge in [0.05, 0.1) is 5.56 Å². The highest BCUT2D eigenvalue weighted by atomic mass is 35.5. The number of amides is 1. The Labute approximate surface area is 132 Å². The first-order chi connectivity index (χ1) is 8.97. The predicted octanol–water partition coefficient (Wildman–Crippen LogP) is 2.43. The van der Waals surface area contributed by atoms with Crippen molar-refractivity contribution in [2.45, 2.75) is 25.1 Å². The van der Waals surface area contributed by atoms with E-state index < -0.39 is 17.6 Å². The summed E-state index contributed by atoms with van der Waals surface area (Å²) in [4.78, 5) is 15.3. The van der Waals surface area contributed by atoms with Gasteiger partial charge in [-0.25, -0.2) is 0 Å². The monoisotopic (exact) mass is 345 g/mol. The Kier molecular flexibility index (Phi) is 7.99. The van der Waals surface area contributed by atoms with Crippen LogP contribution in [0.2, 0.25) is 0 Å². The van der Waals surface area contributed by atoms with Crippen molar-refractivity contribution in [3.8, 4) is 0 Å². The number of nitrogens with zero attached hydrogens (tertiary/aromatic N) is 1. The minimum absolute atomic E-state index is 0. The van der Waals surface area contributed by atoms with Gasteiger partial charge in [0.2, 0.25) is 0 Å².